The highest BCUT2D eigenvalue weighted by atomic mass is 79.9. The first-order valence-electron chi connectivity index (χ1n) is 4.97. The fourth-order valence-electron chi connectivity index (χ4n) is 1.42. The summed E-state index contributed by atoms with van der Waals surface area (Å²) in [5, 5.41) is 4.77. The van der Waals surface area contributed by atoms with Gasteiger partial charge in [-0.3, -0.25) is 4.79 Å². The molecular formula is C11H16BrNOS. The number of hydrogen-bond acceptors (Lipinski definition) is 2. The fourth-order valence-corrected chi connectivity index (χ4v) is 2.62. The van der Waals surface area contributed by atoms with Crippen LogP contribution in [0.2, 0.25) is 0 Å². The van der Waals surface area contributed by atoms with Gasteiger partial charge >= 0.3 is 0 Å². The van der Waals surface area contributed by atoms with E-state index < -0.39 is 0 Å². The Kier molecular flexibility index (Phi) is 4.80. The molecule has 0 saturated carbocycles. The maximum absolute atomic E-state index is 12.2. The highest BCUT2D eigenvalue weighted by Crippen LogP contribution is 2.17. The van der Waals surface area contributed by atoms with Crippen LogP contribution in [0.25, 0.3) is 0 Å². The van der Waals surface area contributed by atoms with Gasteiger partial charge in [0, 0.05) is 23.3 Å². The van der Waals surface area contributed by atoms with Gasteiger partial charge in [-0.15, -0.1) is 0 Å². The molecule has 0 unspecified atom stereocenters. The minimum Gasteiger partial charge on any atom is -0.335 e. The Morgan fingerprint density at radius 2 is 2.20 bits per heavy atom. The van der Waals surface area contributed by atoms with E-state index in [1.54, 1.807) is 11.3 Å². The molecule has 0 aliphatic heterocycles. The molecule has 0 aliphatic carbocycles. The average Bonchev–Trinajstić information content (AvgIpc) is 2.59. The lowest BCUT2D eigenvalue weighted by Crippen LogP contribution is -2.38. The molecule has 0 bridgehead atoms. The average molecular weight is 290 g/mol. The van der Waals surface area contributed by atoms with Gasteiger partial charge < -0.3 is 4.90 Å². The van der Waals surface area contributed by atoms with Crippen molar-refractivity contribution in [2.75, 3.05) is 11.9 Å². The van der Waals surface area contributed by atoms with Gasteiger partial charge in [0.05, 0.1) is 5.56 Å². The molecule has 0 aliphatic rings. The van der Waals surface area contributed by atoms with Crippen LogP contribution in [-0.2, 0) is 0 Å². The summed E-state index contributed by atoms with van der Waals surface area (Å²) in [5.41, 5.74) is 1.92. The summed E-state index contributed by atoms with van der Waals surface area (Å²) in [4.78, 5) is 14.1. The zero-order chi connectivity index (χ0) is 11.4. The van der Waals surface area contributed by atoms with Gasteiger partial charge in [-0.2, -0.15) is 11.3 Å². The van der Waals surface area contributed by atoms with Crippen molar-refractivity contribution in [1.29, 1.82) is 0 Å². The Balaban J connectivity index is 2.86. The number of nitrogens with zero attached hydrogens (tertiary/aromatic N) is 1. The minimum absolute atomic E-state index is 0.142. The highest BCUT2D eigenvalue weighted by Gasteiger charge is 2.19. The lowest BCUT2D eigenvalue weighted by Gasteiger charge is -2.25. The third-order valence-corrected chi connectivity index (χ3v) is 3.51. The normalized spacial score (nSPS) is 10.7. The summed E-state index contributed by atoms with van der Waals surface area (Å²) in [6.45, 7) is 6.83. The number of rotatable bonds is 4. The van der Waals surface area contributed by atoms with Crippen LogP contribution in [0.3, 0.4) is 0 Å². The second kappa shape index (κ2) is 5.66. The summed E-state index contributed by atoms with van der Waals surface area (Å²) in [6.07, 6.45) is 0. The first kappa shape index (κ1) is 12.7. The molecule has 0 saturated heterocycles. The molecule has 2 nitrogen and oxygen atoms in total. The minimum atomic E-state index is 0.142. The van der Waals surface area contributed by atoms with Crippen molar-refractivity contribution in [2.24, 2.45) is 0 Å². The fraction of sp³-hybridized carbons (Fsp3) is 0.545. The van der Waals surface area contributed by atoms with E-state index in [1.807, 2.05) is 36.4 Å². The number of amides is 1. The van der Waals surface area contributed by atoms with Gasteiger partial charge in [-0.05, 0) is 31.7 Å². The van der Waals surface area contributed by atoms with E-state index in [0.29, 0.717) is 0 Å². The van der Waals surface area contributed by atoms with Crippen LogP contribution in [0.1, 0.15) is 29.8 Å². The molecule has 1 rings (SSSR count). The summed E-state index contributed by atoms with van der Waals surface area (Å²) >= 11 is 4.96. The van der Waals surface area contributed by atoms with Crippen LogP contribution >= 0.6 is 27.3 Å². The molecule has 0 aromatic carbocycles. The molecule has 0 spiro atoms. The number of aryl methyl sites for hydroxylation is 1. The van der Waals surface area contributed by atoms with Gasteiger partial charge in [0.1, 0.15) is 0 Å². The Morgan fingerprint density at radius 3 is 2.60 bits per heavy atom. The lowest BCUT2D eigenvalue weighted by molar-refractivity contribution is 0.0719. The molecule has 84 valence electrons. The maximum atomic E-state index is 12.2. The van der Waals surface area contributed by atoms with Gasteiger partial charge in [-0.25, -0.2) is 0 Å². The number of thiophene rings is 1. The first-order valence-corrected chi connectivity index (χ1v) is 7.04. The monoisotopic (exact) mass is 289 g/mol. The van der Waals surface area contributed by atoms with E-state index in [0.717, 1.165) is 23.0 Å². The molecular weight excluding hydrogens is 274 g/mol. The summed E-state index contributed by atoms with van der Waals surface area (Å²) in [6, 6.07) is 0.245. The summed E-state index contributed by atoms with van der Waals surface area (Å²) in [5.74, 6) is 0.142. The van der Waals surface area contributed by atoms with Crippen molar-refractivity contribution in [3.05, 3.63) is 21.9 Å². The van der Waals surface area contributed by atoms with Crippen LogP contribution < -0.4 is 0 Å². The van der Waals surface area contributed by atoms with E-state index in [9.17, 15) is 4.79 Å². The molecule has 0 radical (unpaired) electrons. The topological polar surface area (TPSA) is 20.3 Å². The second-order valence-electron chi connectivity index (χ2n) is 3.75. The first-order chi connectivity index (χ1) is 7.07. The molecule has 1 heterocycles. The van der Waals surface area contributed by atoms with Crippen molar-refractivity contribution >= 4 is 33.2 Å². The largest absolute Gasteiger partial charge is 0.335 e. The maximum Gasteiger partial charge on any atom is 0.255 e. The van der Waals surface area contributed by atoms with Crippen LogP contribution in [-0.4, -0.2) is 28.7 Å². The SMILES string of the molecule is Cc1cscc1C(=O)N(CCBr)C(C)C. The number of carbonyl (C=O) groups excluding carboxylic acids is 1. The number of halogens is 1. The smallest absolute Gasteiger partial charge is 0.255 e. The molecule has 15 heavy (non-hydrogen) atoms. The van der Waals surface area contributed by atoms with Crippen molar-refractivity contribution in [1.82, 2.24) is 4.90 Å². The molecule has 4 heteroatoms. The van der Waals surface area contributed by atoms with Crippen molar-refractivity contribution in [3.63, 3.8) is 0 Å². The predicted octanol–water partition coefficient (Wildman–Crippen LogP) is 3.30. The van der Waals surface area contributed by atoms with Gasteiger partial charge in [0.2, 0.25) is 0 Å². The van der Waals surface area contributed by atoms with Crippen LogP contribution in [0.15, 0.2) is 10.8 Å². The number of alkyl halides is 1. The Labute approximate surface area is 103 Å². The molecule has 0 fully saturated rings. The molecule has 1 aromatic heterocycles. The van der Waals surface area contributed by atoms with E-state index in [2.05, 4.69) is 15.9 Å². The van der Waals surface area contributed by atoms with E-state index >= 15 is 0 Å². The van der Waals surface area contributed by atoms with Gasteiger partial charge in [0.15, 0.2) is 0 Å². The van der Waals surface area contributed by atoms with Gasteiger partial charge in [0.25, 0.3) is 5.91 Å². The van der Waals surface area contributed by atoms with Crippen molar-refractivity contribution in [3.8, 4) is 0 Å². The van der Waals surface area contributed by atoms with Crippen LogP contribution in [0, 0.1) is 6.92 Å². The summed E-state index contributed by atoms with van der Waals surface area (Å²) < 4.78 is 0. The van der Waals surface area contributed by atoms with Crippen LogP contribution in [0.5, 0.6) is 0 Å². The Morgan fingerprint density at radius 1 is 1.53 bits per heavy atom. The molecule has 1 aromatic rings. The van der Waals surface area contributed by atoms with Crippen molar-refractivity contribution < 1.29 is 4.79 Å². The zero-order valence-electron chi connectivity index (χ0n) is 9.29. The molecule has 0 N–H and O–H groups in total. The zero-order valence-corrected chi connectivity index (χ0v) is 11.7. The Bertz CT molecular complexity index is 335. The lowest BCUT2D eigenvalue weighted by atomic mass is 10.2. The number of hydrogen-bond donors (Lipinski definition) is 0. The second-order valence-corrected chi connectivity index (χ2v) is 5.29. The molecule has 0 atom stereocenters. The van der Waals surface area contributed by atoms with Crippen molar-refractivity contribution in [2.45, 2.75) is 26.8 Å². The predicted molar refractivity (Wildman–Crippen MR) is 69.0 cm³/mol. The van der Waals surface area contributed by atoms with E-state index in [1.165, 1.54) is 0 Å². The quantitative estimate of drug-likeness (QED) is 0.779. The van der Waals surface area contributed by atoms with Gasteiger partial charge in [-0.1, -0.05) is 15.9 Å². The standard InChI is InChI=1S/C11H16BrNOS/c1-8(2)13(5-4-12)11(14)10-7-15-6-9(10)3/h6-8H,4-5H2,1-3H3. The Hall–Kier alpha value is -0.350. The number of carbonyl (C=O) groups is 1. The van der Waals surface area contributed by atoms with Crippen LogP contribution in [0.4, 0.5) is 0 Å². The summed E-state index contributed by atoms with van der Waals surface area (Å²) in [7, 11) is 0. The third-order valence-electron chi connectivity index (χ3n) is 2.30. The van der Waals surface area contributed by atoms with E-state index in [4.69, 9.17) is 0 Å². The third kappa shape index (κ3) is 3.05. The molecule has 1 amide bonds. The highest BCUT2D eigenvalue weighted by molar-refractivity contribution is 9.09. The van der Waals surface area contributed by atoms with E-state index in [-0.39, 0.29) is 11.9 Å².